The molecule has 0 radical (unpaired) electrons. The van der Waals surface area contributed by atoms with Gasteiger partial charge in [0.25, 0.3) is 11.5 Å². The van der Waals surface area contributed by atoms with Crippen LogP contribution in [0.15, 0.2) is 59.7 Å². The van der Waals surface area contributed by atoms with E-state index in [0.717, 1.165) is 50.2 Å². The van der Waals surface area contributed by atoms with Crippen LogP contribution in [-0.2, 0) is 42.6 Å². The molecule has 4 aromatic rings. The Labute approximate surface area is 267 Å². The lowest BCUT2D eigenvalue weighted by Gasteiger charge is -2.36. The molecule has 7 rings (SSSR count). The lowest BCUT2D eigenvalue weighted by Crippen LogP contribution is -2.51. The van der Waals surface area contributed by atoms with Crippen molar-refractivity contribution in [3.8, 4) is 16.9 Å². The smallest absolute Gasteiger partial charge is 0.302 e. The second kappa shape index (κ2) is 12.1. The van der Waals surface area contributed by atoms with Gasteiger partial charge in [-0.05, 0) is 86.3 Å². The Kier molecular flexibility index (Phi) is 7.85. The van der Waals surface area contributed by atoms with Crippen molar-refractivity contribution in [2.75, 3.05) is 36.9 Å². The van der Waals surface area contributed by atoms with Gasteiger partial charge in [-0.1, -0.05) is 0 Å². The zero-order valence-corrected chi connectivity index (χ0v) is 26.4. The van der Waals surface area contributed by atoms with Crippen LogP contribution in [0.2, 0.25) is 0 Å². The summed E-state index contributed by atoms with van der Waals surface area (Å²) < 4.78 is 15.2. The van der Waals surface area contributed by atoms with Crippen molar-refractivity contribution in [1.82, 2.24) is 19.0 Å². The molecular weight excluding hydrogens is 584 g/mol. The summed E-state index contributed by atoms with van der Waals surface area (Å²) in [4.78, 5) is 47.7. The predicted octanol–water partition coefficient (Wildman–Crippen LogP) is 4.29. The Morgan fingerprint density at radius 3 is 2.57 bits per heavy atom. The van der Waals surface area contributed by atoms with Crippen LogP contribution >= 0.6 is 0 Å². The Hall–Kier alpha value is -4.90. The van der Waals surface area contributed by atoms with Crippen LogP contribution in [0.4, 0.5) is 17.2 Å². The van der Waals surface area contributed by atoms with Gasteiger partial charge in [0.1, 0.15) is 35.7 Å². The number of likely N-dealkylation sites (N-methyl/N-ethyl adjacent to an activating group) is 1. The summed E-state index contributed by atoms with van der Waals surface area (Å²) in [5.41, 5.74) is 6.16. The Bertz CT molecular complexity index is 1870. The molecule has 1 fully saturated rings. The fraction of sp³-hybridized carbons (Fsp3) is 0.371. The summed E-state index contributed by atoms with van der Waals surface area (Å²) in [5.74, 6) is 0.677. The van der Waals surface area contributed by atoms with Crippen molar-refractivity contribution in [3.63, 3.8) is 0 Å². The number of ether oxygens (including phenoxy) is 2. The van der Waals surface area contributed by atoms with Crippen LogP contribution < -0.4 is 20.5 Å². The molecule has 0 saturated carbocycles. The number of nitrogens with one attached hydrogen (secondary N) is 1. The van der Waals surface area contributed by atoms with Gasteiger partial charge in [-0.3, -0.25) is 24.2 Å². The van der Waals surface area contributed by atoms with Gasteiger partial charge in [0.2, 0.25) is 0 Å². The SMILES string of the molecule is CC(=O)OCc1c(-c2cc(Nc3ccc(OC4CN(C)C4)cc3)c(=O)n(C)c2)ccnc1N1CCn2c(cc3c2CCCC3)C1=O. The van der Waals surface area contributed by atoms with Crippen LogP contribution in [0.25, 0.3) is 11.1 Å². The van der Waals surface area contributed by atoms with E-state index in [2.05, 4.69) is 26.8 Å². The molecule has 0 atom stereocenters. The average Bonchev–Trinajstić information content (AvgIpc) is 3.42. The largest absolute Gasteiger partial charge is 0.488 e. The highest BCUT2D eigenvalue weighted by Gasteiger charge is 2.33. The number of rotatable bonds is 8. The van der Waals surface area contributed by atoms with Crippen molar-refractivity contribution >= 4 is 29.1 Å². The predicted molar refractivity (Wildman–Crippen MR) is 175 cm³/mol. The van der Waals surface area contributed by atoms with Gasteiger partial charge < -0.3 is 23.9 Å². The summed E-state index contributed by atoms with van der Waals surface area (Å²) in [7, 11) is 3.76. The number of aryl methyl sites for hydroxylation is 2. The number of fused-ring (bicyclic) bond motifs is 3. The van der Waals surface area contributed by atoms with E-state index in [1.807, 2.05) is 36.4 Å². The summed E-state index contributed by atoms with van der Waals surface area (Å²) in [5, 5.41) is 3.26. The number of anilines is 3. The first kappa shape index (κ1) is 29.8. The third-order valence-electron chi connectivity index (χ3n) is 9.09. The minimum atomic E-state index is -0.438. The number of likely N-dealkylation sites (tertiary alicyclic amines) is 1. The molecule has 3 aromatic heterocycles. The Balaban J connectivity index is 1.21. The summed E-state index contributed by atoms with van der Waals surface area (Å²) in [6.45, 7) is 4.21. The highest BCUT2D eigenvalue weighted by atomic mass is 16.5. The summed E-state index contributed by atoms with van der Waals surface area (Å²) >= 11 is 0. The summed E-state index contributed by atoms with van der Waals surface area (Å²) in [6, 6.07) is 13.2. The minimum Gasteiger partial charge on any atom is -0.488 e. The molecule has 11 nitrogen and oxygen atoms in total. The third-order valence-corrected chi connectivity index (χ3v) is 9.09. The number of pyridine rings is 2. The number of esters is 1. The first-order valence-electron chi connectivity index (χ1n) is 15.8. The van der Waals surface area contributed by atoms with E-state index >= 15 is 0 Å². The van der Waals surface area contributed by atoms with E-state index in [4.69, 9.17) is 9.47 Å². The fourth-order valence-corrected chi connectivity index (χ4v) is 6.77. The van der Waals surface area contributed by atoms with E-state index in [1.54, 1.807) is 30.4 Å². The van der Waals surface area contributed by atoms with Crippen LogP contribution in [0.3, 0.4) is 0 Å². The van der Waals surface area contributed by atoms with Gasteiger partial charge in [-0.2, -0.15) is 0 Å². The standard InChI is InChI=1S/C35H38N6O5/c1-22(42)45-21-29-28(12-13-36-33(29)41-15-14-40-31-7-5-4-6-23(31)17-32(40)35(41)44)24-16-30(34(43)39(3)18-24)37-25-8-10-26(11-9-25)46-27-19-38(2)20-27/h8-13,16-18,27,37H,4-7,14-15,19-21H2,1-3H3. The van der Waals surface area contributed by atoms with Crippen molar-refractivity contribution in [2.45, 2.75) is 51.9 Å². The van der Waals surface area contributed by atoms with Crippen LogP contribution in [0.1, 0.15) is 47.1 Å². The monoisotopic (exact) mass is 622 g/mol. The lowest BCUT2D eigenvalue weighted by molar-refractivity contribution is -0.142. The van der Waals surface area contributed by atoms with E-state index < -0.39 is 5.97 Å². The molecule has 3 aliphatic rings. The first-order chi connectivity index (χ1) is 22.2. The molecule has 1 aliphatic carbocycles. The zero-order chi connectivity index (χ0) is 31.9. The Morgan fingerprint density at radius 1 is 1.02 bits per heavy atom. The highest BCUT2D eigenvalue weighted by molar-refractivity contribution is 6.06. The van der Waals surface area contributed by atoms with Gasteiger partial charge in [0, 0.05) is 75.1 Å². The topological polar surface area (TPSA) is 111 Å². The molecule has 1 amide bonds. The van der Waals surface area contributed by atoms with Gasteiger partial charge >= 0.3 is 5.97 Å². The number of benzene rings is 1. The van der Waals surface area contributed by atoms with Gasteiger partial charge in [-0.25, -0.2) is 4.98 Å². The molecule has 46 heavy (non-hydrogen) atoms. The number of hydrogen-bond donors (Lipinski definition) is 1. The van der Waals surface area contributed by atoms with E-state index in [-0.39, 0.29) is 24.2 Å². The third kappa shape index (κ3) is 5.66. The normalized spacial score (nSPS) is 16.4. The number of carbonyl (C=O) groups excluding carboxylic acids is 2. The number of aromatic nitrogens is 3. The maximum Gasteiger partial charge on any atom is 0.302 e. The Morgan fingerprint density at radius 2 is 1.80 bits per heavy atom. The minimum absolute atomic E-state index is 0.0705. The molecule has 11 heteroatoms. The van der Waals surface area contributed by atoms with E-state index in [9.17, 15) is 14.4 Å². The second-order valence-electron chi connectivity index (χ2n) is 12.4. The zero-order valence-electron chi connectivity index (χ0n) is 26.4. The summed E-state index contributed by atoms with van der Waals surface area (Å²) in [6.07, 6.45) is 7.85. The van der Waals surface area contributed by atoms with Crippen molar-refractivity contribution in [3.05, 3.63) is 87.7 Å². The molecule has 5 heterocycles. The van der Waals surface area contributed by atoms with Crippen LogP contribution in [0.5, 0.6) is 5.75 Å². The van der Waals surface area contributed by atoms with Gasteiger partial charge in [0.05, 0.1) is 0 Å². The fourth-order valence-electron chi connectivity index (χ4n) is 6.77. The molecule has 238 valence electrons. The maximum atomic E-state index is 13.9. The second-order valence-corrected chi connectivity index (χ2v) is 12.4. The van der Waals surface area contributed by atoms with E-state index in [1.165, 1.54) is 22.7 Å². The van der Waals surface area contributed by atoms with E-state index in [0.29, 0.717) is 47.0 Å². The highest BCUT2D eigenvalue weighted by Crippen LogP contribution is 2.35. The molecule has 0 spiro atoms. The van der Waals surface area contributed by atoms with Crippen LogP contribution in [0, 0.1) is 0 Å². The van der Waals surface area contributed by atoms with Gasteiger partial charge in [-0.15, -0.1) is 0 Å². The molecule has 1 N–H and O–H groups in total. The molecule has 2 aliphatic heterocycles. The van der Waals surface area contributed by atoms with Crippen molar-refractivity contribution in [1.29, 1.82) is 0 Å². The molecule has 1 saturated heterocycles. The quantitative estimate of drug-likeness (QED) is 0.290. The van der Waals surface area contributed by atoms with Crippen LogP contribution in [-0.4, -0.2) is 63.7 Å². The lowest BCUT2D eigenvalue weighted by atomic mass is 9.98. The number of nitrogens with zero attached hydrogens (tertiary/aromatic N) is 5. The molecule has 0 unspecified atom stereocenters. The number of carbonyl (C=O) groups is 2. The first-order valence-corrected chi connectivity index (χ1v) is 15.8. The average molecular weight is 623 g/mol. The molecular formula is C35H38N6O5. The maximum absolute atomic E-state index is 13.9. The van der Waals surface area contributed by atoms with Crippen molar-refractivity contribution in [2.24, 2.45) is 7.05 Å². The van der Waals surface area contributed by atoms with Crippen molar-refractivity contribution < 1.29 is 19.1 Å². The molecule has 1 aromatic carbocycles. The molecule has 0 bridgehead atoms. The number of amides is 1. The van der Waals surface area contributed by atoms with Gasteiger partial charge in [0.15, 0.2) is 0 Å². The number of hydrogen-bond acceptors (Lipinski definition) is 8.